The molecule has 2 heterocycles. The van der Waals surface area contributed by atoms with E-state index >= 15 is 0 Å². The third-order valence-corrected chi connectivity index (χ3v) is 6.57. The van der Waals surface area contributed by atoms with Gasteiger partial charge in [-0.2, -0.15) is 0 Å². The van der Waals surface area contributed by atoms with E-state index in [2.05, 4.69) is 21.9 Å². The molecule has 3 aromatic carbocycles. The summed E-state index contributed by atoms with van der Waals surface area (Å²) in [6, 6.07) is 25.4. The van der Waals surface area contributed by atoms with Crippen LogP contribution in [0, 0.1) is 0 Å². The Kier molecular flexibility index (Phi) is 6.57. The zero-order valence-corrected chi connectivity index (χ0v) is 20.1. The normalized spacial score (nSPS) is 18.0. The third-order valence-electron chi connectivity index (χ3n) is 6.57. The molecule has 0 bridgehead atoms. The largest absolute Gasteiger partial charge is 0.497 e. The lowest BCUT2D eigenvalue weighted by atomic mass is 10.1. The van der Waals surface area contributed by atoms with E-state index < -0.39 is 6.04 Å². The molecule has 1 atom stereocenters. The van der Waals surface area contributed by atoms with Crippen molar-refractivity contribution in [3.63, 3.8) is 0 Å². The molecular weight excluding hydrogens is 440 g/mol. The Labute approximate surface area is 206 Å². The molecule has 1 saturated heterocycles. The maximum Gasteiger partial charge on any atom is 0.259 e. The van der Waals surface area contributed by atoms with Crippen LogP contribution in [0.1, 0.15) is 5.56 Å². The van der Waals surface area contributed by atoms with Crippen LogP contribution in [-0.2, 0) is 11.2 Å². The number of rotatable bonds is 6. The van der Waals surface area contributed by atoms with Gasteiger partial charge in [-0.25, -0.2) is 9.89 Å². The van der Waals surface area contributed by atoms with Gasteiger partial charge >= 0.3 is 0 Å². The highest BCUT2D eigenvalue weighted by Crippen LogP contribution is 2.33. The molecule has 0 aliphatic carbocycles. The average molecular weight is 471 g/mol. The van der Waals surface area contributed by atoms with Crippen LogP contribution in [0.3, 0.4) is 0 Å². The predicted molar refractivity (Wildman–Crippen MR) is 139 cm³/mol. The minimum Gasteiger partial charge on any atom is -0.497 e. The summed E-state index contributed by atoms with van der Waals surface area (Å²) in [5.41, 5.74) is 2.99. The molecule has 0 N–H and O–H groups in total. The average Bonchev–Trinajstić information content (AvgIpc) is 3.24. The van der Waals surface area contributed by atoms with Crippen molar-refractivity contribution in [1.82, 2.24) is 4.90 Å². The minimum atomic E-state index is -0.461. The van der Waals surface area contributed by atoms with E-state index in [-0.39, 0.29) is 5.91 Å². The molecular formula is C28H30N4O3. The number of hydrogen-bond acceptors (Lipinski definition) is 6. The van der Waals surface area contributed by atoms with Crippen LogP contribution < -0.4 is 19.3 Å². The summed E-state index contributed by atoms with van der Waals surface area (Å²) in [6.07, 6.45) is 0.570. The summed E-state index contributed by atoms with van der Waals surface area (Å²) in [4.78, 5) is 25.0. The Morgan fingerprint density at radius 2 is 1.46 bits per heavy atom. The molecule has 3 aromatic rings. The van der Waals surface area contributed by atoms with Gasteiger partial charge < -0.3 is 19.3 Å². The second kappa shape index (κ2) is 10.1. The van der Waals surface area contributed by atoms with Crippen LogP contribution in [0.15, 0.2) is 83.9 Å². The summed E-state index contributed by atoms with van der Waals surface area (Å²) in [5.74, 6) is 2.19. The molecule has 2 aliphatic rings. The molecule has 0 spiro atoms. The molecule has 1 fully saturated rings. The number of ether oxygens (including phenoxy) is 2. The first-order valence-electron chi connectivity index (χ1n) is 11.9. The van der Waals surface area contributed by atoms with E-state index in [0.717, 1.165) is 43.2 Å². The highest BCUT2D eigenvalue weighted by Gasteiger charge is 2.40. The number of anilines is 2. The SMILES string of the molecule is COc1ccc(N2CCN(C3=NC(Cc4ccccc4)C(=O)N3c3ccccc3OC)CC2)cc1. The maximum absolute atomic E-state index is 13.7. The van der Waals surface area contributed by atoms with Crippen LogP contribution in [-0.4, -0.2) is 63.2 Å². The molecule has 35 heavy (non-hydrogen) atoms. The molecule has 2 aliphatic heterocycles. The quantitative estimate of drug-likeness (QED) is 0.548. The van der Waals surface area contributed by atoms with Gasteiger partial charge in [0.25, 0.3) is 5.91 Å². The summed E-state index contributed by atoms with van der Waals surface area (Å²) >= 11 is 0. The summed E-state index contributed by atoms with van der Waals surface area (Å²) in [6.45, 7) is 3.20. The summed E-state index contributed by atoms with van der Waals surface area (Å²) < 4.78 is 10.9. The molecule has 0 aromatic heterocycles. The number of hydrogen-bond donors (Lipinski definition) is 0. The second-order valence-corrected chi connectivity index (χ2v) is 8.65. The Morgan fingerprint density at radius 1 is 0.800 bits per heavy atom. The molecule has 7 heteroatoms. The van der Waals surface area contributed by atoms with Crippen LogP contribution in [0.4, 0.5) is 11.4 Å². The van der Waals surface area contributed by atoms with Crippen molar-refractivity contribution in [3.05, 3.63) is 84.4 Å². The molecule has 5 rings (SSSR count). The number of aliphatic imine (C=N–C) groups is 1. The van der Waals surface area contributed by atoms with E-state index in [1.54, 1.807) is 19.1 Å². The van der Waals surface area contributed by atoms with Gasteiger partial charge in [0, 0.05) is 38.3 Å². The van der Waals surface area contributed by atoms with Crippen molar-refractivity contribution in [1.29, 1.82) is 0 Å². The highest BCUT2D eigenvalue weighted by atomic mass is 16.5. The number of carbonyl (C=O) groups excluding carboxylic acids is 1. The Balaban J connectivity index is 1.39. The summed E-state index contributed by atoms with van der Waals surface area (Å²) in [5, 5.41) is 0. The van der Waals surface area contributed by atoms with Gasteiger partial charge in [0.1, 0.15) is 17.5 Å². The molecule has 0 saturated carbocycles. The lowest BCUT2D eigenvalue weighted by molar-refractivity contribution is -0.118. The van der Waals surface area contributed by atoms with E-state index in [0.29, 0.717) is 18.1 Å². The number of benzene rings is 3. The van der Waals surface area contributed by atoms with Gasteiger partial charge in [0.15, 0.2) is 0 Å². The smallest absolute Gasteiger partial charge is 0.259 e. The Hall–Kier alpha value is -4.00. The van der Waals surface area contributed by atoms with Crippen molar-refractivity contribution in [3.8, 4) is 11.5 Å². The van der Waals surface area contributed by atoms with E-state index in [4.69, 9.17) is 14.5 Å². The first-order valence-corrected chi connectivity index (χ1v) is 11.9. The van der Waals surface area contributed by atoms with Crippen LogP contribution in [0.5, 0.6) is 11.5 Å². The number of guanidine groups is 1. The van der Waals surface area contributed by atoms with Gasteiger partial charge in [0.05, 0.1) is 19.9 Å². The fraction of sp³-hybridized carbons (Fsp3) is 0.286. The van der Waals surface area contributed by atoms with E-state index in [1.807, 2.05) is 66.7 Å². The van der Waals surface area contributed by atoms with Crippen molar-refractivity contribution < 1.29 is 14.3 Å². The molecule has 1 amide bonds. The number of amides is 1. The standard InChI is InChI=1S/C28H30N4O3/c1-34-23-14-12-22(13-15-23)30-16-18-31(19-17-30)28-29-24(20-21-8-4-3-5-9-21)27(33)32(28)25-10-6-7-11-26(25)35-2/h3-15,24H,16-20H2,1-2H3. The zero-order valence-electron chi connectivity index (χ0n) is 20.1. The number of para-hydroxylation sites is 2. The molecule has 180 valence electrons. The first kappa shape index (κ1) is 22.8. The number of carbonyl (C=O) groups is 1. The fourth-order valence-corrected chi connectivity index (χ4v) is 4.69. The molecule has 1 unspecified atom stereocenters. The van der Waals surface area contributed by atoms with Crippen molar-refractivity contribution in [2.24, 2.45) is 4.99 Å². The van der Waals surface area contributed by atoms with Crippen LogP contribution in [0.2, 0.25) is 0 Å². The predicted octanol–water partition coefficient (Wildman–Crippen LogP) is 3.84. The van der Waals surface area contributed by atoms with Crippen molar-refractivity contribution in [2.75, 3.05) is 50.2 Å². The van der Waals surface area contributed by atoms with Crippen molar-refractivity contribution in [2.45, 2.75) is 12.5 Å². The monoisotopic (exact) mass is 470 g/mol. The van der Waals surface area contributed by atoms with Gasteiger partial charge in [-0.15, -0.1) is 0 Å². The van der Waals surface area contributed by atoms with Crippen molar-refractivity contribution >= 4 is 23.2 Å². The second-order valence-electron chi connectivity index (χ2n) is 8.65. The lowest BCUT2D eigenvalue weighted by Gasteiger charge is -2.38. The number of methoxy groups -OCH3 is 2. The fourth-order valence-electron chi connectivity index (χ4n) is 4.69. The van der Waals surface area contributed by atoms with Gasteiger partial charge in [-0.3, -0.25) is 4.79 Å². The van der Waals surface area contributed by atoms with Gasteiger partial charge in [-0.1, -0.05) is 42.5 Å². The first-order chi connectivity index (χ1) is 17.2. The van der Waals surface area contributed by atoms with Gasteiger partial charge in [0.2, 0.25) is 5.96 Å². The molecule has 7 nitrogen and oxygen atoms in total. The zero-order chi connectivity index (χ0) is 24.2. The number of nitrogens with zero attached hydrogens (tertiary/aromatic N) is 4. The van der Waals surface area contributed by atoms with Crippen LogP contribution >= 0.6 is 0 Å². The maximum atomic E-state index is 13.7. The van der Waals surface area contributed by atoms with Gasteiger partial charge in [-0.05, 0) is 42.0 Å². The Morgan fingerprint density at radius 3 is 2.14 bits per heavy atom. The number of piperazine rings is 1. The van der Waals surface area contributed by atoms with E-state index in [9.17, 15) is 4.79 Å². The summed E-state index contributed by atoms with van der Waals surface area (Å²) in [7, 11) is 3.31. The molecule has 0 radical (unpaired) electrons. The third kappa shape index (κ3) is 4.67. The van der Waals surface area contributed by atoms with Crippen LogP contribution in [0.25, 0.3) is 0 Å². The highest BCUT2D eigenvalue weighted by molar-refractivity contribution is 6.22. The topological polar surface area (TPSA) is 57.6 Å². The lowest BCUT2D eigenvalue weighted by Crippen LogP contribution is -2.53. The minimum absolute atomic E-state index is 0.0223. The Bertz CT molecular complexity index is 1190. The van der Waals surface area contributed by atoms with E-state index in [1.165, 1.54) is 5.69 Å².